The largest absolute Gasteiger partial charge is 0.358 e. The lowest BCUT2D eigenvalue weighted by Gasteiger charge is -2.10. The molecule has 0 bridgehead atoms. The molecule has 1 aromatic heterocycles. The van der Waals surface area contributed by atoms with Gasteiger partial charge in [0.2, 0.25) is 0 Å². The van der Waals surface area contributed by atoms with Crippen molar-refractivity contribution in [3.8, 4) is 0 Å². The number of anilines is 1. The molecule has 2 rings (SSSR count). The molecule has 0 saturated carbocycles. The molecular formula is C13H15FN4S. The number of hydrogen-bond acceptors (Lipinski definition) is 2. The topological polar surface area (TPSA) is 41.9 Å². The first kappa shape index (κ1) is 13.5. The molecule has 0 aliphatic carbocycles. The highest BCUT2D eigenvalue weighted by molar-refractivity contribution is 7.80. The van der Waals surface area contributed by atoms with Crippen LogP contribution < -0.4 is 10.6 Å². The summed E-state index contributed by atoms with van der Waals surface area (Å²) in [6.07, 6.45) is 1.80. The van der Waals surface area contributed by atoms with Gasteiger partial charge in [-0.25, -0.2) is 4.39 Å². The molecule has 0 amide bonds. The molecule has 6 heteroatoms. The van der Waals surface area contributed by atoms with E-state index in [-0.39, 0.29) is 5.82 Å². The lowest BCUT2D eigenvalue weighted by atomic mass is 10.2. The van der Waals surface area contributed by atoms with Gasteiger partial charge in [-0.3, -0.25) is 4.68 Å². The molecule has 0 aliphatic heterocycles. The zero-order valence-corrected chi connectivity index (χ0v) is 11.6. The van der Waals surface area contributed by atoms with Gasteiger partial charge in [0.1, 0.15) is 5.82 Å². The second kappa shape index (κ2) is 5.79. The maximum atomic E-state index is 13.0. The minimum atomic E-state index is -0.295. The van der Waals surface area contributed by atoms with Gasteiger partial charge in [0, 0.05) is 30.5 Å². The van der Waals surface area contributed by atoms with Crippen molar-refractivity contribution in [2.45, 2.75) is 13.5 Å². The molecule has 19 heavy (non-hydrogen) atoms. The van der Waals surface area contributed by atoms with Crippen molar-refractivity contribution in [2.75, 3.05) is 5.32 Å². The Hall–Kier alpha value is -1.95. The number of thiocarbonyl (C=S) groups is 1. The second-order valence-electron chi connectivity index (χ2n) is 4.20. The average molecular weight is 278 g/mol. The molecule has 100 valence electrons. The van der Waals surface area contributed by atoms with Crippen molar-refractivity contribution in [1.82, 2.24) is 15.1 Å². The highest BCUT2D eigenvalue weighted by Crippen LogP contribution is 2.09. The zero-order chi connectivity index (χ0) is 13.8. The number of benzene rings is 1. The van der Waals surface area contributed by atoms with Gasteiger partial charge in [0.05, 0.1) is 6.20 Å². The van der Waals surface area contributed by atoms with Crippen molar-refractivity contribution in [1.29, 1.82) is 0 Å². The predicted octanol–water partition coefficient (Wildman–Crippen LogP) is 2.35. The third kappa shape index (κ3) is 3.51. The Morgan fingerprint density at radius 1 is 1.47 bits per heavy atom. The zero-order valence-electron chi connectivity index (χ0n) is 10.8. The SMILES string of the molecule is Cc1c(CNC(=S)Nc2cccc(F)c2)cnn1C. The van der Waals surface area contributed by atoms with Crippen LogP contribution in [0.4, 0.5) is 10.1 Å². The Labute approximate surface area is 116 Å². The van der Waals surface area contributed by atoms with Gasteiger partial charge in [-0.1, -0.05) is 6.07 Å². The summed E-state index contributed by atoms with van der Waals surface area (Å²) in [7, 11) is 1.89. The van der Waals surface area contributed by atoms with Gasteiger partial charge in [0.25, 0.3) is 0 Å². The fourth-order valence-electron chi connectivity index (χ4n) is 1.63. The van der Waals surface area contributed by atoms with E-state index in [1.54, 1.807) is 23.0 Å². The summed E-state index contributed by atoms with van der Waals surface area (Å²) in [4.78, 5) is 0. The summed E-state index contributed by atoms with van der Waals surface area (Å²) in [5.74, 6) is -0.295. The summed E-state index contributed by atoms with van der Waals surface area (Å²) in [5.41, 5.74) is 2.78. The quantitative estimate of drug-likeness (QED) is 0.846. The number of halogens is 1. The van der Waals surface area contributed by atoms with E-state index in [0.717, 1.165) is 11.3 Å². The van der Waals surface area contributed by atoms with Crippen molar-refractivity contribution >= 4 is 23.0 Å². The van der Waals surface area contributed by atoms with E-state index >= 15 is 0 Å². The fraction of sp³-hybridized carbons (Fsp3) is 0.231. The van der Waals surface area contributed by atoms with Crippen LogP contribution in [0.1, 0.15) is 11.3 Å². The number of aromatic nitrogens is 2. The first-order chi connectivity index (χ1) is 9.06. The highest BCUT2D eigenvalue weighted by Gasteiger charge is 2.04. The standard InChI is InChI=1S/C13H15FN4S/c1-9-10(8-16-18(9)2)7-15-13(19)17-12-5-3-4-11(14)6-12/h3-6,8H,7H2,1-2H3,(H2,15,17,19). The number of aryl methyl sites for hydroxylation is 1. The van der Waals surface area contributed by atoms with Crippen molar-refractivity contribution in [3.63, 3.8) is 0 Å². The highest BCUT2D eigenvalue weighted by atomic mass is 32.1. The summed E-state index contributed by atoms with van der Waals surface area (Å²) >= 11 is 5.16. The Kier molecular flexibility index (Phi) is 4.11. The Morgan fingerprint density at radius 3 is 2.89 bits per heavy atom. The van der Waals surface area contributed by atoms with Crippen LogP contribution in [0.15, 0.2) is 30.5 Å². The van der Waals surface area contributed by atoms with E-state index in [4.69, 9.17) is 12.2 Å². The maximum Gasteiger partial charge on any atom is 0.171 e. The van der Waals surface area contributed by atoms with E-state index in [0.29, 0.717) is 17.3 Å². The molecule has 1 heterocycles. The molecule has 0 spiro atoms. The van der Waals surface area contributed by atoms with Gasteiger partial charge in [-0.2, -0.15) is 5.10 Å². The van der Waals surface area contributed by atoms with E-state index in [1.807, 2.05) is 14.0 Å². The number of hydrogen-bond donors (Lipinski definition) is 2. The minimum Gasteiger partial charge on any atom is -0.358 e. The van der Waals surface area contributed by atoms with Crippen LogP contribution in [-0.4, -0.2) is 14.9 Å². The van der Waals surface area contributed by atoms with Gasteiger partial charge in [0.15, 0.2) is 5.11 Å². The molecule has 2 N–H and O–H groups in total. The lowest BCUT2D eigenvalue weighted by Crippen LogP contribution is -2.28. The molecular weight excluding hydrogens is 263 g/mol. The van der Waals surface area contributed by atoms with Crippen LogP contribution in [0.3, 0.4) is 0 Å². The summed E-state index contributed by atoms with van der Waals surface area (Å²) < 4.78 is 14.8. The van der Waals surface area contributed by atoms with Gasteiger partial charge in [-0.05, 0) is 37.3 Å². The van der Waals surface area contributed by atoms with E-state index in [1.165, 1.54) is 12.1 Å². The molecule has 0 unspecified atom stereocenters. The molecule has 2 aromatic rings. The number of nitrogens with one attached hydrogen (secondary N) is 2. The minimum absolute atomic E-state index is 0.295. The van der Waals surface area contributed by atoms with Crippen LogP contribution in [0.5, 0.6) is 0 Å². The van der Waals surface area contributed by atoms with Crippen molar-refractivity contribution < 1.29 is 4.39 Å². The third-order valence-corrected chi connectivity index (χ3v) is 3.11. The van der Waals surface area contributed by atoms with Crippen molar-refractivity contribution in [3.05, 3.63) is 47.5 Å². The van der Waals surface area contributed by atoms with E-state index in [2.05, 4.69) is 15.7 Å². The Bertz CT molecular complexity index is 594. The third-order valence-electron chi connectivity index (χ3n) is 2.86. The van der Waals surface area contributed by atoms with Crippen LogP contribution in [-0.2, 0) is 13.6 Å². The van der Waals surface area contributed by atoms with Crippen LogP contribution in [0.25, 0.3) is 0 Å². The molecule has 0 aliphatic rings. The maximum absolute atomic E-state index is 13.0. The van der Waals surface area contributed by atoms with Gasteiger partial charge < -0.3 is 10.6 Å². The fourth-order valence-corrected chi connectivity index (χ4v) is 1.82. The predicted molar refractivity (Wildman–Crippen MR) is 77.4 cm³/mol. The first-order valence-corrected chi connectivity index (χ1v) is 6.25. The lowest BCUT2D eigenvalue weighted by molar-refractivity contribution is 0.628. The number of nitrogens with zero attached hydrogens (tertiary/aromatic N) is 2. The van der Waals surface area contributed by atoms with Gasteiger partial charge in [-0.15, -0.1) is 0 Å². The summed E-state index contributed by atoms with van der Waals surface area (Å²) in [6, 6.07) is 6.17. The van der Waals surface area contributed by atoms with E-state index < -0.39 is 0 Å². The molecule has 0 fully saturated rings. The van der Waals surface area contributed by atoms with Crippen molar-refractivity contribution in [2.24, 2.45) is 7.05 Å². The smallest absolute Gasteiger partial charge is 0.171 e. The van der Waals surface area contributed by atoms with Crippen LogP contribution in [0.2, 0.25) is 0 Å². The molecule has 1 aromatic carbocycles. The molecule has 4 nitrogen and oxygen atoms in total. The van der Waals surface area contributed by atoms with Gasteiger partial charge >= 0.3 is 0 Å². The number of rotatable bonds is 3. The second-order valence-corrected chi connectivity index (χ2v) is 4.61. The molecule has 0 saturated heterocycles. The first-order valence-electron chi connectivity index (χ1n) is 5.84. The Morgan fingerprint density at radius 2 is 2.26 bits per heavy atom. The average Bonchev–Trinajstić information content (AvgIpc) is 2.68. The van der Waals surface area contributed by atoms with E-state index in [9.17, 15) is 4.39 Å². The molecule has 0 atom stereocenters. The summed E-state index contributed by atoms with van der Waals surface area (Å²) in [5, 5.41) is 10.6. The Balaban J connectivity index is 1.90. The summed E-state index contributed by atoms with van der Waals surface area (Å²) in [6.45, 7) is 2.58. The molecule has 0 radical (unpaired) electrons. The normalized spacial score (nSPS) is 10.3. The van der Waals surface area contributed by atoms with Crippen LogP contribution >= 0.6 is 12.2 Å². The van der Waals surface area contributed by atoms with Crippen LogP contribution in [0, 0.1) is 12.7 Å². The monoisotopic (exact) mass is 278 g/mol.